The lowest BCUT2D eigenvalue weighted by atomic mass is 9.42. The van der Waals surface area contributed by atoms with Crippen molar-refractivity contribution in [1.82, 2.24) is 0 Å². The van der Waals surface area contributed by atoms with E-state index in [-0.39, 0.29) is 11.0 Å². The molecule has 6 atom stereocenters. The summed E-state index contributed by atoms with van der Waals surface area (Å²) in [6.07, 6.45) is 14.9. The maximum Gasteiger partial charge on any atom is 0.0911 e. The molecule has 4 aliphatic rings. The maximum atomic E-state index is 9.17. The van der Waals surface area contributed by atoms with Gasteiger partial charge in [-0.15, -0.1) is 0 Å². The van der Waals surface area contributed by atoms with Crippen molar-refractivity contribution in [3.8, 4) is 6.07 Å². The molecule has 0 aromatic heterocycles. The average Bonchev–Trinajstić information content (AvgIpc) is 2.85. The Kier molecular flexibility index (Phi) is 3.48. The van der Waals surface area contributed by atoms with E-state index in [2.05, 4.69) is 19.9 Å². The summed E-state index contributed by atoms with van der Waals surface area (Å²) in [5.74, 6) is 2.21. The second-order valence-electron chi connectivity index (χ2n) is 9.50. The molecule has 0 saturated heterocycles. The van der Waals surface area contributed by atoms with Crippen LogP contribution in [0.2, 0.25) is 0 Å². The van der Waals surface area contributed by atoms with Crippen molar-refractivity contribution in [2.24, 2.45) is 34.3 Å². The van der Waals surface area contributed by atoms with Crippen LogP contribution in [0.5, 0.6) is 0 Å². The van der Waals surface area contributed by atoms with Crippen molar-refractivity contribution in [1.29, 1.82) is 5.26 Å². The van der Waals surface area contributed by atoms with Gasteiger partial charge in [0.15, 0.2) is 0 Å². The molecule has 0 heterocycles. The summed E-state index contributed by atoms with van der Waals surface area (Å²) in [5.41, 5.74) is 9.36. The summed E-state index contributed by atoms with van der Waals surface area (Å²) in [6.45, 7) is 4.99. The van der Waals surface area contributed by atoms with Gasteiger partial charge in [-0.1, -0.05) is 32.3 Å². The Labute approximate surface area is 141 Å². The van der Waals surface area contributed by atoms with E-state index in [0.29, 0.717) is 17.3 Å². The molecule has 2 heteroatoms. The van der Waals surface area contributed by atoms with E-state index in [4.69, 9.17) is 11.0 Å². The van der Waals surface area contributed by atoms with Crippen LogP contribution in [0.25, 0.3) is 0 Å². The molecule has 0 aliphatic heterocycles. The summed E-state index contributed by atoms with van der Waals surface area (Å²) >= 11 is 0. The zero-order valence-corrected chi connectivity index (χ0v) is 14.9. The van der Waals surface area contributed by atoms with E-state index in [1.807, 2.05) is 6.08 Å². The van der Waals surface area contributed by atoms with Crippen LogP contribution in [0, 0.1) is 39.9 Å². The lowest BCUT2D eigenvalue weighted by Gasteiger charge is -2.64. The Morgan fingerprint density at radius 2 is 1.87 bits per heavy atom. The van der Waals surface area contributed by atoms with Gasteiger partial charge in [0.25, 0.3) is 0 Å². The monoisotopic (exact) mass is 312 g/mol. The van der Waals surface area contributed by atoms with E-state index >= 15 is 0 Å². The van der Waals surface area contributed by atoms with E-state index in [0.717, 1.165) is 12.3 Å². The standard InChI is InChI=1S/C21H32N2/c1-19-11-4-3-5-15(19)8-13-21(23)17-7-6-16(10-14-22)20(17,2)12-9-18(19)21/h10,15,17-18H,3-9,11-13,23H2,1-2H3/b16-10-. The zero-order chi connectivity index (χ0) is 16.3. The molecule has 4 rings (SSSR count). The zero-order valence-electron chi connectivity index (χ0n) is 14.9. The molecule has 2 N–H and O–H groups in total. The van der Waals surface area contributed by atoms with Gasteiger partial charge in [-0.2, -0.15) is 5.26 Å². The van der Waals surface area contributed by atoms with Crippen LogP contribution in [-0.4, -0.2) is 5.54 Å². The predicted molar refractivity (Wildman–Crippen MR) is 93.5 cm³/mol. The molecule has 0 amide bonds. The normalized spacial score (nSPS) is 54.0. The number of nitrogens with two attached hydrogens (primary N) is 1. The van der Waals surface area contributed by atoms with Gasteiger partial charge in [-0.3, -0.25) is 0 Å². The molecule has 0 aromatic rings. The first-order valence-electron chi connectivity index (χ1n) is 9.83. The first-order valence-corrected chi connectivity index (χ1v) is 9.83. The highest BCUT2D eigenvalue weighted by atomic mass is 14.9. The lowest BCUT2D eigenvalue weighted by Crippen LogP contribution is -2.67. The van der Waals surface area contributed by atoms with Crippen molar-refractivity contribution < 1.29 is 0 Å². The molecule has 0 aromatic carbocycles. The Morgan fingerprint density at radius 3 is 2.65 bits per heavy atom. The molecule has 6 unspecified atom stereocenters. The minimum absolute atomic E-state index is 0.0145. The SMILES string of the molecule is CC12CCC3C4(C)CCCCC4CCC3(N)C1CC/C2=C/C#N. The van der Waals surface area contributed by atoms with Crippen LogP contribution < -0.4 is 5.73 Å². The van der Waals surface area contributed by atoms with Gasteiger partial charge in [0.1, 0.15) is 0 Å². The quantitative estimate of drug-likeness (QED) is 0.643. The number of rotatable bonds is 0. The Bertz CT molecular complexity index is 573. The molecule has 0 radical (unpaired) electrons. The molecule has 23 heavy (non-hydrogen) atoms. The van der Waals surface area contributed by atoms with Crippen LogP contribution in [0.1, 0.15) is 78.1 Å². The highest BCUT2D eigenvalue weighted by Gasteiger charge is 2.64. The van der Waals surface area contributed by atoms with Gasteiger partial charge in [0.2, 0.25) is 0 Å². The number of allylic oxidation sites excluding steroid dienone is 2. The number of fused-ring (bicyclic) bond motifs is 5. The average molecular weight is 313 g/mol. The van der Waals surface area contributed by atoms with Gasteiger partial charge in [-0.05, 0) is 80.0 Å². The number of nitrogens with zero attached hydrogens (tertiary/aromatic N) is 1. The third-order valence-corrected chi connectivity index (χ3v) is 8.87. The van der Waals surface area contributed by atoms with Crippen LogP contribution >= 0.6 is 0 Å². The summed E-state index contributed by atoms with van der Waals surface area (Å²) in [7, 11) is 0. The van der Waals surface area contributed by atoms with Gasteiger partial charge < -0.3 is 5.73 Å². The summed E-state index contributed by atoms with van der Waals surface area (Å²) in [6, 6.07) is 2.30. The molecular weight excluding hydrogens is 280 g/mol. The van der Waals surface area contributed by atoms with Crippen LogP contribution in [0.15, 0.2) is 11.6 Å². The summed E-state index contributed by atoms with van der Waals surface area (Å²) < 4.78 is 0. The minimum atomic E-state index is 0.0145. The highest BCUT2D eigenvalue weighted by Crippen LogP contribution is 2.67. The predicted octanol–water partition coefficient (Wildman–Crippen LogP) is 4.95. The van der Waals surface area contributed by atoms with Gasteiger partial charge in [0, 0.05) is 11.6 Å². The fourth-order valence-electron chi connectivity index (χ4n) is 7.67. The molecule has 126 valence electrons. The van der Waals surface area contributed by atoms with Crippen molar-refractivity contribution >= 4 is 0 Å². The highest BCUT2D eigenvalue weighted by molar-refractivity contribution is 5.31. The Hall–Kier alpha value is -0.810. The smallest absolute Gasteiger partial charge is 0.0911 e. The van der Waals surface area contributed by atoms with Crippen LogP contribution in [0.4, 0.5) is 0 Å². The molecule has 4 fully saturated rings. The van der Waals surface area contributed by atoms with Gasteiger partial charge >= 0.3 is 0 Å². The number of nitriles is 1. The topological polar surface area (TPSA) is 49.8 Å². The van der Waals surface area contributed by atoms with E-state index in [9.17, 15) is 0 Å². The first kappa shape index (κ1) is 15.7. The van der Waals surface area contributed by atoms with E-state index in [1.165, 1.54) is 63.4 Å². The molecule has 0 spiro atoms. The molecule has 0 bridgehead atoms. The first-order chi connectivity index (χ1) is 10.9. The number of hydrogen-bond donors (Lipinski definition) is 1. The number of hydrogen-bond acceptors (Lipinski definition) is 2. The second kappa shape index (κ2) is 5.09. The van der Waals surface area contributed by atoms with Gasteiger partial charge in [0.05, 0.1) is 6.07 Å². The largest absolute Gasteiger partial charge is 0.325 e. The molecule has 4 saturated carbocycles. The van der Waals surface area contributed by atoms with E-state index in [1.54, 1.807) is 0 Å². The summed E-state index contributed by atoms with van der Waals surface area (Å²) in [5, 5.41) is 9.17. The molecular formula is C21H32N2. The van der Waals surface area contributed by atoms with Gasteiger partial charge in [-0.25, -0.2) is 0 Å². The van der Waals surface area contributed by atoms with Crippen LogP contribution in [0.3, 0.4) is 0 Å². The molecule has 4 aliphatic carbocycles. The minimum Gasteiger partial charge on any atom is -0.325 e. The summed E-state index contributed by atoms with van der Waals surface area (Å²) in [4.78, 5) is 0. The third kappa shape index (κ3) is 1.95. The van der Waals surface area contributed by atoms with Crippen molar-refractivity contribution in [2.75, 3.05) is 0 Å². The van der Waals surface area contributed by atoms with Crippen molar-refractivity contribution in [2.45, 2.75) is 83.6 Å². The Morgan fingerprint density at radius 1 is 1.04 bits per heavy atom. The van der Waals surface area contributed by atoms with Crippen molar-refractivity contribution in [3.63, 3.8) is 0 Å². The van der Waals surface area contributed by atoms with E-state index < -0.39 is 0 Å². The van der Waals surface area contributed by atoms with Crippen LogP contribution in [-0.2, 0) is 0 Å². The second-order valence-corrected chi connectivity index (χ2v) is 9.50. The molecule has 2 nitrogen and oxygen atoms in total. The van der Waals surface area contributed by atoms with Crippen molar-refractivity contribution in [3.05, 3.63) is 11.6 Å². The fraction of sp³-hybridized carbons (Fsp3) is 0.857. The maximum absolute atomic E-state index is 9.17. The fourth-order valence-corrected chi connectivity index (χ4v) is 7.67. The third-order valence-electron chi connectivity index (χ3n) is 8.87. The Balaban J connectivity index is 1.72. The lowest BCUT2D eigenvalue weighted by molar-refractivity contribution is -0.113.